The Morgan fingerprint density at radius 3 is 2.74 bits per heavy atom. The van der Waals surface area contributed by atoms with E-state index in [9.17, 15) is 9.69 Å². The molecular formula is C12H20N3O6PS. The van der Waals surface area contributed by atoms with E-state index in [1.54, 1.807) is 0 Å². The van der Waals surface area contributed by atoms with Gasteiger partial charge in [-0.3, -0.25) is 9.09 Å². The molecule has 3 N–H and O–H groups in total. The number of ether oxygens (including phenoxy) is 2. The number of rotatable bonds is 6. The van der Waals surface area contributed by atoms with Crippen LogP contribution >= 0.6 is 6.72 Å². The van der Waals surface area contributed by atoms with Crippen molar-refractivity contribution < 1.29 is 23.4 Å². The van der Waals surface area contributed by atoms with Crippen LogP contribution in [0.1, 0.15) is 19.6 Å². The van der Waals surface area contributed by atoms with Crippen molar-refractivity contribution in [2.45, 2.75) is 37.9 Å². The Labute approximate surface area is 138 Å². The fraction of sp³-hybridized carbons (Fsp3) is 0.667. The molecule has 1 saturated heterocycles. The lowest BCUT2D eigenvalue weighted by molar-refractivity contribution is -0.0538. The molecule has 1 aromatic heterocycles. The standard InChI is InChI=1S/C12H20N3O6PS/c1-4-7-9(21-22(17,23)19-3)10(18-2)11(20-7)15-6-5-8(13)14-12(15)16/h5-7,9-11H,4H2,1-3H3,(H,17,23)(H2,13,14,16)/t7-,9?,10?,11-,22?/m1/s1. The molecule has 2 heterocycles. The van der Waals surface area contributed by atoms with Crippen molar-refractivity contribution in [3.8, 4) is 0 Å². The molecule has 0 amide bonds. The highest BCUT2D eigenvalue weighted by molar-refractivity contribution is 8.07. The Hall–Kier alpha value is -0.870. The number of nitrogen functional groups attached to an aromatic ring is 1. The molecule has 2 rings (SSSR count). The first-order valence-corrected chi connectivity index (χ1v) is 9.52. The minimum atomic E-state index is -3.41. The van der Waals surface area contributed by atoms with Gasteiger partial charge in [0.1, 0.15) is 18.0 Å². The van der Waals surface area contributed by atoms with Crippen LogP contribution in [0.5, 0.6) is 0 Å². The predicted molar refractivity (Wildman–Crippen MR) is 86.3 cm³/mol. The highest BCUT2D eigenvalue weighted by Gasteiger charge is 2.48. The van der Waals surface area contributed by atoms with Crippen LogP contribution < -0.4 is 11.4 Å². The fourth-order valence-corrected chi connectivity index (χ4v) is 3.40. The normalized spacial score (nSPS) is 30.3. The molecule has 5 atom stereocenters. The zero-order valence-electron chi connectivity index (χ0n) is 13.0. The number of nitrogens with two attached hydrogens (primary N) is 1. The third-order valence-corrected chi connectivity index (χ3v) is 5.25. The van der Waals surface area contributed by atoms with Gasteiger partial charge in [-0.2, -0.15) is 4.98 Å². The van der Waals surface area contributed by atoms with Crippen molar-refractivity contribution in [2.75, 3.05) is 20.0 Å². The molecule has 0 aliphatic carbocycles. The summed E-state index contributed by atoms with van der Waals surface area (Å²) >= 11 is 4.89. The molecule has 1 aromatic rings. The van der Waals surface area contributed by atoms with Crippen LogP contribution in [0.15, 0.2) is 17.1 Å². The molecule has 1 aliphatic rings. The van der Waals surface area contributed by atoms with Gasteiger partial charge in [0.25, 0.3) is 0 Å². The molecule has 23 heavy (non-hydrogen) atoms. The third kappa shape index (κ3) is 3.97. The number of hydrogen-bond donors (Lipinski definition) is 2. The summed E-state index contributed by atoms with van der Waals surface area (Å²) in [6, 6.07) is 1.48. The lowest BCUT2D eigenvalue weighted by Gasteiger charge is -2.26. The minimum absolute atomic E-state index is 0.114. The largest absolute Gasteiger partial charge is 0.383 e. The van der Waals surface area contributed by atoms with Crippen molar-refractivity contribution in [1.29, 1.82) is 0 Å². The first kappa shape index (κ1) is 18.5. The van der Waals surface area contributed by atoms with Crippen molar-refractivity contribution in [1.82, 2.24) is 9.55 Å². The second-order valence-electron chi connectivity index (χ2n) is 4.94. The summed E-state index contributed by atoms with van der Waals surface area (Å²) in [5.74, 6) is 0.114. The van der Waals surface area contributed by atoms with E-state index < -0.39 is 36.9 Å². The van der Waals surface area contributed by atoms with Crippen LogP contribution in [0.2, 0.25) is 0 Å². The summed E-state index contributed by atoms with van der Waals surface area (Å²) in [6.45, 7) is -1.53. The molecule has 0 aromatic carbocycles. The topological polar surface area (TPSA) is 118 Å². The van der Waals surface area contributed by atoms with E-state index >= 15 is 0 Å². The Bertz CT molecular complexity index is 656. The van der Waals surface area contributed by atoms with Crippen LogP contribution in [0.25, 0.3) is 0 Å². The van der Waals surface area contributed by atoms with E-state index in [0.717, 1.165) is 0 Å². The van der Waals surface area contributed by atoms with Gasteiger partial charge >= 0.3 is 12.4 Å². The minimum Gasteiger partial charge on any atom is -0.383 e. The number of methoxy groups -OCH3 is 1. The molecule has 0 saturated carbocycles. The summed E-state index contributed by atoms with van der Waals surface area (Å²) in [5, 5.41) is 0. The van der Waals surface area contributed by atoms with Gasteiger partial charge in [-0.1, -0.05) is 6.92 Å². The monoisotopic (exact) mass is 365 g/mol. The quantitative estimate of drug-likeness (QED) is 0.690. The van der Waals surface area contributed by atoms with Crippen LogP contribution in [0.3, 0.4) is 0 Å². The average Bonchev–Trinajstić information content (AvgIpc) is 2.84. The summed E-state index contributed by atoms with van der Waals surface area (Å²) in [4.78, 5) is 25.6. The Kier molecular flexibility index (Phi) is 5.90. The summed E-state index contributed by atoms with van der Waals surface area (Å²) < 4.78 is 22.9. The van der Waals surface area contributed by atoms with E-state index in [2.05, 4.69) is 4.98 Å². The van der Waals surface area contributed by atoms with E-state index in [0.29, 0.717) is 6.42 Å². The number of nitrogens with zero attached hydrogens (tertiary/aromatic N) is 2. The highest BCUT2D eigenvalue weighted by atomic mass is 32.5. The van der Waals surface area contributed by atoms with E-state index in [1.807, 2.05) is 6.92 Å². The van der Waals surface area contributed by atoms with Crippen LogP contribution in [0.4, 0.5) is 5.82 Å². The third-order valence-electron chi connectivity index (χ3n) is 3.57. The molecule has 0 bridgehead atoms. The van der Waals surface area contributed by atoms with Gasteiger partial charge in [0.05, 0.1) is 6.10 Å². The van der Waals surface area contributed by atoms with Gasteiger partial charge < -0.3 is 24.6 Å². The molecule has 9 nitrogen and oxygen atoms in total. The van der Waals surface area contributed by atoms with Crippen molar-refractivity contribution >= 4 is 24.3 Å². The average molecular weight is 365 g/mol. The van der Waals surface area contributed by atoms with E-state index in [-0.39, 0.29) is 5.82 Å². The number of anilines is 1. The van der Waals surface area contributed by atoms with Crippen molar-refractivity contribution in [3.63, 3.8) is 0 Å². The summed E-state index contributed by atoms with van der Waals surface area (Å²) in [6.07, 6.45) is -0.525. The smallest absolute Gasteiger partial charge is 0.351 e. The molecule has 130 valence electrons. The Balaban J connectivity index is 2.35. The van der Waals surface area contributed by atoms with Gasteiger partial charge in [-0.15, -0.1) is 0 Å². The molecule has 0 spiro atoms. The van der Waals surface area contributed by atoms with Gasteiger partial charge in [-0.05, 0) is 24.3 Å². The maximum atomic E-state index is 12.0. The maximum absolute atomic E-state index is 12.0. The molecule has 11 heteroatoms. The molecule has 1 aliphatic heterocycles. The van der Waals surface area contributed by atoms with E-state index in [4.69, 9.17) is 36.1 Å². The fourth-order valence-electron chi connectivity index (χ4n) is 2.45. The molecule has 0 radical (unpaired) electrons. The molecule has 3 unspecified atom stereocenters. The lowest BCUT2D eigenvalue weighted by Crippen LogP contribution is -2.38. The van der Waals surface area contributed by atoms with Crippen molar-refractivity contribution in [2.24, 2.45) is 0 Å². The molecular weight excluding hydrogens is 345 g/mol. The van der Waals surface area contributed by atoms with Crippen LogP contribution in [-0.2, 0) is 30.3 Å². The lowest BCUT2D eigenvalue weighted by atomic mass is 10.1. The maximum Gasteiger partial charge on any atom is 0.351 e. The van der Waals surface area contributed by atoms with Gasteiger partial charge in [0.2, 0.25) is 0 Å². The van der Waals surface area contributed by atoms with Crippen molar-refractivity contribution in [3.05, 3.63) is 22.7 Å². The first-order valence-electron chi connectivity index (χ1n) is 6.92. The Morgan fingerprint density at radius 2 is 2.22 bits per heavy atom. The zero-order chi connectivity index (χ0) is 17.2. The zero-order valence-corrected chi connectivity index (χ0v) is 14.7. The van der Waals surface area contributed by atoms with Gasteiger partial charge in [0.15, 0.2) is 6.23 Å². The molecule has 1 fully saturated rings. The van der Waals surface area contributed by atoms with Gasteiger partial charge in [0, 0.05) is 20.4 Å². The number of aromatic nitrogens is 2. The van der Waals surface area contributed by atoms with Gasteiger partial charge in [-0.25, -0.2) is 4.79 Å². The highest BCUT2D eigenvalue weighted by Crippen LogP contribution is 2.48. The summed E-state index contributed by atoms with van der Waals surface area (Å²) in [5.41, 5.74) is 4.93. The number of hydrogen-bond acceptors (Lipinski definition) is 8. The first-order chi connectivity index (χ1) is 10.8. The second-order valence-corrected chi connectivity index (χ2v) is 7.83. The SMILES string of the molecule is CC[C@H]1O[C@@H](n2ccc(N)nc2=O)C(OC)C1OP(O)(=S)OC. The predicted octanol–water partition coefficient (Wildman–Crippen LogP) is 0.396. The Morgan fingerprint density at radius 1 is 1.52 bits per heavy atom. The van der Waals surface area contributed by atoms with Crippen LogP contribution in [-0.4, -0.2) is 47.0 Å². The summed E-state index contributed by atoms with van der Waals surface area (Å²) in [7, 11) is 2.73. The second kappa shape index (κ2) is 7.35. The van der Waals surface area contributed by atoms with Crippen LogP contribution in [0, 0.1) is 0 Å². The van der Waals surface area contributed by atoms with E-state index in [1.165, 1.54) is 31.0 Å².